The zero-order valence-electron chi connectivity index (χ0n) is 8.79. The molecule has 0 spiro atoms. The molecule has 0 radical (unpaired) electrons. The van der Waals surface area contributed by atoms with Crippen LogP contribution < -0.4 is 0 Å². The average Bonchev–Trinajstić information content (AvgIpc) is 2.80. The summed E-state index contributed by atoms with van der Waals surface area (Å²) in [5.41, 5.74) is -0.516. The summed E-state index contributed by atoms with van der Waals surface area (Å²) in [5, 5.41) is 9.76. The van der Waals surface area contributed by atoms with E-state index in [2.05, 4.69) is 4.90 Å². The number of hydrogen-bond donors (Lipinski definition) is 1. The third-order valence-corrected chi connectivity index (χ3v) is 2.84. The molecule has 0 aromatic rings. The van der Waals surface area contributed by atoms with Gasteiger partial charge in [-0.15, -0.1) is 0 Å². The summed E-state index contributed by atoms with van der Waals surface area (Å²) < 4.78 is 0. The maximum Gasteiger partial charge on any atom is 0.0718 e. The van der Waals surface area contributed by atoms with Gasteiger partial charge >= 0.3 is 0 Å². The van der Waals surface area contributed by atoms with E-state index < -0.39 is 5.60 Å². The Morgan fingerprint density at radius 1 is 1.23 bits per heavy atom. The molecule has 1 N–H and O–H groups in total. The second-order valence-electron chi connectivity index (χ2n) is 5.42. The van der Waals surface area contributed by atoms with Crippen molar-refractivity contribution in [2.75, 3.05) is 13.1 Å². The third-order valence-electron chi connectivity index (χ3n) is 2.84. The highest BCUT2D eigenvalue weighted by Gasteiger charge is 2.35. The maximum absolute atomic E-state index is 9.76. The van der Waals surface area contributed by atoms with Crippen molar-refractivity contribution in [1.29, 1.82) is 0 Å². The Morgan fingerprint density at radius 3 is 2.23 bits per heavy atom. The zero-order chi connectivity index (χ0) is 9.47. The van der Waals surface area contributed by atoms with E-state index >= 15 is 0 Å². The quantitative estimate of drug-likeness (QED) is 0.700. The predicted molar refractivity (Wildman–Crippen MR) is 53.6 cm³/mol. The maximum atomic E-state index is 9.76. The first kappa shape index (κ1) is 9.47. The summed E-state index contributed by atoms with van der Waals surface area (Å²) in [6, 6.07) is 0.798. The zero-order valence-corrected chi connectivity index (χ0v) is 8.79. The van der Waals surface area contributed by atoms with E-state index in [-0.39, 0.29) is 0 Å². The van der Waals surface area contributed by atoms with Crippen LogP contribution in [-0.2, 0) is 0 Å². The first-order valence-corrected chi connectivity index (χ1v) is 5.51. The van der Waals surface area contributed by atoms with Gasteiger partial charge in [0.1, 0.15) is 0 Å². The van der Waals surface area contributed by atoms with Crippen LogP contribution in [0.2, 0.25) is 0 Å². The molecule has 0 aromatic heterocycles. The molecule has 76 valence electrons. The molecule has 2 rings (SSSR count). The van der Waals surface area contributed by atoms with E-state index in [4.69, 9.17) is 0 Å². The van der Waals surface area contributed by atoms with Gasteiger partial charge in [0.05, 0.1) is 5.60 Å². The summed E-state index contributed by atoms with van der Waals surface area (Å²) in [7, 11) is 0. The van der Waals surface area contributed by atoms with Gasteiger partial charge in [-0.05, 0) is 45.4 Å². The molecule has 0 amide bonds. The molecule has 2 aliphatic rings. The molecule has 2 heteroatoms. The normalized spacial score (nSPS) is 24.0. The molecule has 2 nitrogen and oxygen atoms in total. The minimum absolute atomic E-state index is 0.516. The standard InChI is InChI=1S/C11H21NO/c1-11(2,13)8-12(10-5-6-10)7-9-3-4-9/h9-10,13H,3-8H2,1-2H3. The fourth-order valence-electron chi connectivity index (χ4n) is 1.91. The van der Waals surface area contributed by atoms with Crippen molar-refractivity contribution < 1.29 is 5.11 Å². The van der Waals surface area contributed by atoms with Crippen LogP contribution in [0.5, 0.6) is 0 Å². The molecule has 0 aromatic carbocycles. The second kappa shape index (κ2) is 3.25. The van der Waals surface area contributed by atoms with Gasteiger partial charge in [0, 0.05) is 19.1 Å². The Balaban J connectivity index is 1.81. The van der Waals surface area contributed by atoms with Gasteiger partial charge in [0.25, 0.3) is 0 Å². The number of nitrogens with zero attached hydrogens (tertiary/aromatic N) is 1. The fourth-order valence-corrected chi connectivity index (χ4v) is 1.91. The van der Waals surface area contributed by atoms with Gasteiger partial charge in [-0.3, -0.25) is 4.90 Å². The summed E-state index contributed by atoms with van der Waals surface area (Å²) in [4.78, 5) is 2.50. The van der Waals surface area contributed by atoms with E-state index in [1.54, 1.807) is 0 Å². The number of hydrogen-bond acceptors (Lipinski definition) is 2. The number of rotatable bonds is 5. The van der Waals surface area contributed by atoms with Crippen LogP contribution in [0.15, 0.2) is 0 Å². The van der Waals surface area contributed by atoms with Crippen molar-refractivity contribution in [1.82, 2.24) is 4.90 Å². The largest absolute Gasteiger partial charge is 0.389 e. The number of aliphatic hydroxyl groups is 1. The Bertz CT molecular complexity index is 177. The van der Waals surface area contributed by atoms with E-state index in [9.17, 15) is 5.11 Å². The Kier molecular flexibility index (Phi) is 2.37. The van der Waals surface area contributed by atoms with Crippen LogP contribution >= 0.6 is 0 Å². The molecule has 0 unspecified atom stereocenters. The van der Waals surface area contributed by atoms with Crippen molar-refractivity contribution >= 4 is 0 Å². The molecular weight excluding hydrogens is 162 g/mol. The van der Waals surface area contributed by atoms with Crippen molar-refractivity contribution in [3.8, 4) is 0 Å². The van der Waals surface area contributed by atoms with Crippen molar-refractivity contribution in [3.05, 3.63) is 0 Å². The monoisotopic (exact) mass is 183 g/mol. The predicted octanol–water partition coefficient (Wildman–Crippen LogP) is 1.63. The smallest absolute Gasteiger partial charge is 0.0718 e. The van der Waals surface area contributed by atoms with E-state index in [0.29, 0.717) is 0 Å². The van der Waals surface area contributed by atoms with Crippen molar-refractivity contribution in [2.24, 2.45) is 5.92 Å². The SMILES string of the molecule is CC(C)(O)CN(CC1CC1)C1CC1. The summed E-state index contributed by atoms with van der Waals surface area (Å²) in [6.45, 7) is 5.91. The van der Waals surface area contributed by atoms with Gasteiger partial charge in [-0.1, -0.05) is 0 Å². The van der Waals surface area contributed by atoms with Gasteiger partial charge in [0.2, 0.25) is 0 Å². The molecule has 0 atom stereocenters. The van der Waals surface area contributed by atoms with Crippen LogP contribution in [0.3, 0.4) is 0 Å². The van der Waals surface area contributed by atoms with Crippen LogP contribution in [0.25, 0.3) is 0 Å². The Hall–Kier alpha value is -0.0800. The van der Waals surface area contributed by atoms with E-state index in [1.165, 1.54) is 32.2 Å². The molecule has 2 saturated carbocycles. The lowest BCUT2D eigenvalue weighted by Gasteiger charge is -2.29. The van der Waals surface area contributed by atoms with Crippen LogP contribution in [0.4, 0.5) is 0 Å². The Labute approximate surface area is 80.9 Å². The molecule has 2 aliphatic carbocycles. The second-order valence-corrected chi connectivity index (χ2v) is 5.42. The first-order chi connectivity index (χ1) is 6.04. The lowest BCUT2D eigenvalue weighted by molar-refractivity contribution is 0.0317. The van der Waals surface area contributed by atoms with Crippen molar-refractivity contribution in [3.63, 3.8) is 0 Å². The van der Waals surface area contributed by atoms with E-state index in [0.717, 1.165) is 18.5 Å². The third kappa shape index (κ3) is 3.28. The topological polar surface area (TPSA) is 23.5 Å². The van der Waals surface area contributed by atoms with Gasteiger partial charge < -0.3 is 5.11 Å². The average molecular weight is 183 g/mol. The highest BCUT2D eigenvalue weighted by molar-refractivity contribution is 4.90. The minimum Gasteiger partial charge on any atom is -0.389 e. The minimum atomic E-state index is -0.516. The lowest BCUT2D eigenvalue weighted by atomic mass is 10.1. The van der Waals surface area contributed by atoms with Gasteiger partial charge in [-0.25, -0.2) is 0 Å². The molecular formula is C11H21NO. The summed E-state index contributed by atoms with van der Waals surface area (Å²) >= 11 is 0. The molecule has 2 fully saturated rings. The first-order valence-electron chi connectivity index (χ1n) is 5.51. The van der Waals surface area contributed by atoms with Gasteiger partial charge in [0.15, 0.2) is 0 Å². The molecule has 0 heterocycles. The highest BCUT2D eigenvalue weighted by atomic mass is 16.3. The summed E-state index contributed by atoms with van der Waals surface area (Å²) in [6.07, 6.45) is 5.52. The van der Waals surface area contributed by atoms with Crippen LogP contribution in [0.1, 0.15) is 39.5 Å². The molecule has 0 aliphatic heterocycles. The molecule has 13 heavy (non-hydrogen) atoms. The van der Waals surface area contributed by atoms with E-state index in [1.807, 2.05) is 13.8 Å². The van der Waals surface area contributed by atoms with Crippen molar-refractivity contribution in [2.45, 2.75) is 51.2 Å². The molecule has 0 bridgehead atoms. The highest BCUT2D eigenvalue weighted by Crippen LogP contribution is 2.35. The van der Waals surface area contributed by atoms with Gasteiger partial charge in [-0.2, -0.15) is 0 Å². The van der Waals surface area contributed by atoms with Crippen LogP contribution in [0, 0.1) is 5.92 Å². The fraction of sp³-hybridized carbons (Fsp3) is 1.00. The summed E-state index contributed by atoms with van der Waals surface area (Å²) in [5.74, 6) is 0.947. The Morgan fingerprint density at radius 2 is 1.85 bits per heavy atom. The lowest BCUT2D eigenvalue weighted by Crippen LogP contribution is -2.40. The molecule has 0 saturated heterocycles. The van der Waals surface area contributed by atoms with Crippen LogP contribution in [-0.4, -0.2) is 34.7 Å².